The van der Waals surface area contributed by atoms with Crippen molar-refractivity contribution < 1.29 is 14.2 Å². The summed E-state index contributed by atoms with van der Waals surface area (Å²) in [5.74, 6) is 2.16. The molecule has 0 fully saturated rings. The molecule has 6 heteroatoms. The number of hydrogen-bond donors (Lipinski definition) is 1. The lowest BCUT2D eigenvalue weighted by atomic mass is 10.1. The fourth-order valence-corrected chi connectivity index (χ4v) is 2.88. The number of para-hydroxylation sites is 1. The largest absolute Gasteiger partial charge is 0.494 e. The molecule has 4 rings (SSSR count). The van der Waals surface area contributed by atoms with Crippen LogP contribution in [0.1, 0.15) is 11.1 Å². The Kier molecular flexibility index (Phi) is 3.75. The number of rotatable bonds is 4. The van der Waals surface area contributed by atoms with E-state index in [0.29, 0.717) is 17.9 Å². The lowest BCUT2D eigenvalue weighted by Crippen LogP contribution is -2.03. The summed E-state index contributed by atoms with van der Waals surface area (Å²) < 4.78 is 16.1. The molecule has 0 saturated heterocycles. The second-order valence-corrected chi connectivity index (χ2v) is 5.56. The minimum absolute atomic E-state index is 0.250. The minimum atomic E-state index is 0.250. The number of nitriles is 1. The van der Waals surface area contributed by atoms with Gasteiger partial charge in [-0.1, -0.05) is 18.2 Å². The van der Waals surface area contributed by atoms with Crippen LogP contribution in [0.2, 0.25) is 0 Å². The van der Waals surface area contributed by atoms with E-state index in [1.165, 1.54) is 0 Å². The van der Waals surface area contributed by atoms with Gasteiger partial charge in [-0.3, -0.25) is 4.98 Å². The van der Waals surface area contributed by atoms with Crippen LogP contribution in [0.25, 0.3) is 10.9 Å². The third-order valence-corrected chi connectivity index (χ3v) is 4.11. The minimum Gasteiger partial charge on any atom is -0.494 e. The number of nitrogens with one attached hydrogen (secondary N) is 1. The Bertz CT molecular complexity index is 995. The summed E-state index contributed by atoms with van der Waals surface area (Å²) in [6, 6.07) is 13.6. The molecule has 0 aliphatic carbocycles. The van der Waals surface area contributed by atoms with E-state index < -0.39 is 0 Å². The van der Waals surface area contributed by atoms with Crippen molar-refractivity contribution in [3.8, 4) is 23.3 Å². The van der Waals surface area contributed by atoms with E-state index in [1.807, 2.05) is 36.4 Å². The predicted octanol–water partition coefficient (Wildman–Crippen LogP) is 3.46. The molecule has 25 heavy (non-hydrogen) atoms. The zero-order chi connectivity index (χ0) is 17.2. The Morgan fingerprint density at radius 3 is 2.96 bits per heavy atom. The number of hydrogen-bond acceptors (Lipinski definition) is 6. The van der Waals surface area contributed by atoms with Gasteiger partial charge >= 0.3 is 0 Å². The van der Waals surface area contributed by atoms with Crippen molar-refractivity contribution in [1.29, 1.82) is 5.26 Å². The quantitative estimate of drug-likeness (QED) is 0.788. The molecule has 1 aliphatic heterocycles. The summed E-state index contributed by atoms with van der Waals surface area (Å²) in [7, 11) is 1.61. The second-order valence-electron chi connectivity index (χ2n) is 5.56. The molecule has 6 nitrogen and oxygen atoms in total. The Hall–Kier alpha value is -3.46. The van der Waals surface area contributed by atoms with Crippen LogP contribution in [-0.4, -0.2) is 18.9 Å². The van der Waals surface area contributed by atoms with Gasteiger partial charge in [-0.2, -0.15) is 5.26 Å². The maximum atomic E-state index is 9.43. The Morgan fingerprint density at radius 1 is 1.24 bits per heavy atom. The highest BCUT2D eigenvalue weighted by molar-refractivity contribution is 5.97. The van der Waals surface area contributed by atoms with Crippen LogP contribution < -0.4 is 19.5 Å². The molecule has 124 valence electrons. The highest BCUT2D eigenvalue weighted by Crippen LogP contribution is 2.34. The van der Waals surface area contributed by atoms with Gasteiger partial charge in [-0.25, -0.2) is 0 Å². The van der Waals surface area contributed by atoms with Crippen molar-refractivity contribution in [2.45, 2.75) is 6.54 Å². The summed E-state index contributed by atoms with van der Waals surface area (Å²) in [6.07, 6.45) is 1.56. The molecule has 1 aromatic heterocycles. The van der Waals surface area contributed by atoms with E-state index in [0.717, 1.165) is 33.7 Å². The predicted molar refractivity (Wildman–Crippen MR) is 92.9 cm³/mol. The van der Waals surface area contributed by atoms with Gasteiger partial charge in [-0.05, 0) is 23.8 Å². The lowest BCUT2D eigenvalue weighted by Gasteiger charge is -2.13. The smallest absolute Gasteiger partial charge is 0.231 e. The van der Waals surface area contributed by atoms with E-state index in [4.69, 9.17) is 14.2 Å². The summed E-state index contributed by atoms with van der Waals surface area (Å²) in [6.45, 7) is 0.793. The van der Waals surface area contributed by atoms with Crippen LogP contribution in [0.5, 0.6) is 17.2 Å². The summed E-state index contributed by atoms with van der Waals surface area (Å²) in [4.78, 5) is 4.36. The van der Waals surface area contributed by atoms with Crippen molar-refractivity contribution in [1.82, 2.24) is 4.98 Å². The van der Waals surface area contributed by atoms with Crippen LogP contribution >= 0.6 is 0 Å². The summed E-state index contributed by atoms with van der Waals surface area (Å²) >= 11 is 0. The third-order valence-electron chi connectivity index (χ3n) is 4.11. The fraction of sp³-hybridized carbons (Fsp3) is 0.158. The molecule has 0 bridgehead atoms. The first-order valence-corrected chi connectivity index (χ1v) is 7.78. The number of aromatic nitrogens is 1. The first-order valence-electron chi connectivity index (χ1n) is 7.78. The van der Waals surface area contributed by atoms with Gasteiger partial charge in [-0.15, -0.1) is 0 Å². The molecule has 0 atom stereocenters. The van der Waals surface area contributed by atoms with E-state index in [2.05, 4.69) is 16.4 Å². The number of fused-ring (bicyclic) bond motifs is 2. The van der Waals surface area contributed by atoms with Crippen LogP contribution in [0.3, 0.4) is 0 Å². The molecule has 0 radical (unpaired) electrons. The van der Waals surface area contributed by atoms with Crippen molar-refractivity contribution in [3.63, 3.8) is 0 Å². The maximum absolute atomic E-state index is 9.43. The van der Waals surface area contributed by atoms with Gasteiger partial charge in [0.1, 0.15) is 17.3 Å². The van der Waals surface area contributed by atoms with E-state index in [1.54, 1.807) is 13.3 Å². The summed E-state index contributed by atoms with van der Waals surface area (Å²) in [5, 5.41) is 13.6. The first-order chi connectivity index (χ1) is 12.3. The van der Waals surface area contributed by atoms with Gasteiger partial charge in [0.05, 0.1) is 18.4 Å². The third kappa shape index (κ3) is 2.66. The Morgan fingerprint density at radius 2 is 2.12 bits per heavy atom. The van der Waals surface area contributed by atoms with Crippen molar-refractivity contribution in [2.75, 3.05) is 19.2 Å². The molecule has 3 aromatic rings. The second kappa shape index (κ2) is 6.21. The van der Waals surface area contributed by atoms with Crippen LogP contribution in [0, 0.1) is 11.3 Å². The maximum Gasteiger partial charge on any atom is 0.231 e. The number of ether oxygens (including phenoxy) is 3. The summed E-state index contributed by atoms with van der Waals surface area (Å²) in [5.41, 5.74) is 2.98. The van der Waals surface area contributed by atoms with Crippen LogP contribution in [0.4, 0.5) is 5.69 Å². The Balaban J connectivity index is 1.70. The lowest BCUT2D eigenvalue weighted by molar-refractivity contribution is 0.174. The zero-order valence-corrected chi connectivity index (χ0v) is 13.6. The SMILES string of the molecule is COc1cccc2c(NCc3ccc4c(c3)OCO4)c(C#N)cnc12. The standard InChI is InChI=1S/C19H15N3O3/c1-23-16-4-2-3-14-18(13(8-20)10-22-19(14)16)21-9-12-5-6-15-17(7-12)25-11-24-15/h2-7,10H,9,11H2,1H3,(H,21,22). The van der Waals surface area contributed by atoms with Crippen molar-refractivity contribution in [3.05, 3.63) is 53.7 Å². The first kappa shape index (κ1) is 15.1. The number of pyridine rings is 1. The van der Waals surface area contributed by atoms with Crippen molar-refractivity contribution in [2.24, 2.45) is 0 Å². The molecule has 1 N–H and O–H groups in total. The van der Waals surface area contributed by atoms with Gasteiger partial charge in [0.2, 0.25) is 6.79 Å². The molecule has 2 aromatic carbocycles. The average molecular weight is 333 g/mol. The normalized spacial score (nSPS) is 12.0. The van der Waals surface area contributed by atoms with Gasteiger partial charge in [0, 0.05) is 18.1 Å². The number of anilines is 1. The van der Waals surface area contributed by atoms with Gasteiger partial charge in [0.25, 0.3) is 0 Å². The molecule has 0 spiro atoms. The average Bonchev–Trinajstić information content (AvgIpc) is 3.13. The molecule has 1 aliphatic rings. The van der Waals surface area contributed by atoms with Crippen LogP contribution in [-0.2, 0) is 6.54 Å². The molecular formula is C19H15N3O3. The molecule has 0 saturated carbocycles. The molecule has 2 heterocycles. The highest BCUT2D eigenvalue weighted by Gasteiger charge is 2.15. The van der Waals surface area contributed by atoms with Crippen molar-refractivity contribution >= 4 is 16.6 Å². The highest BCUT2D eigenvalue weighted by atomic mass is 16.7. The topological polar surface area (TPSA) is 76.4 Å². The number of benzene rings is 2. The van der Waals surface area contributed by atoms with E-state index in [9.17, 15) is 5.26 Å². The van der Waals surface area contributed by atoms with E-state index in [-0.39, 0.29) is 6.79 Å². The molecule has 0 amide bonds. The zero-order valence-electron chi connectivity index (χ0n) is 13.6. The molecule has 0 unspecified atom stereocenters. The fourth-order valence-electron chi connectivity index (χ4n) is 2.88. The number of methoxy groups -OCH3 is 1. The number of nitrogens with zero attached hydrogens (tertiary/aromatic N) is 2. The van der Waals surface area contributed by atoms with Gasteiger partial charge in [0.15, 0.2) is 11.5 Å². The monoisotopic (exact) mass is 333 g/mol. The Labute approximate surface area is 144 Å². The van der Waals surface area contributed by atoms with Gasteiger partial charge < -0.3 is 19.5 Å². The van der Waals surface area contributed by atoms with Crippen LogP contribution in [0.15, 0.2) is 42.6 Å². The van der Waals surface area contributed by atoms with E-state index >= 15 is 0 Å². The molecular weight excluding hydrogens is 318 g/mol.